The summed E-state index contributed by atoms with van der Waals surface area (Å²) in [6.07, 6.45) is 0. The van der Waals surface area contributed by atoms with Gasteiger partial charge in [-0.2, -0.15) is 15.0 Å². The standard InChI is InChI=1S/C7H14N6O2/c1-14-3-13(4-15-2)7-11-5(8)10-6(9)12-7/h3-4H2,1-2H3,(H4,8,9,10,11,12). The average molecular weight is 214 g/mol. The molecule has 0 aromatic carbocycles. The largest absolute Gasteiger partial charge is 0.368 e. The van der Waals surface area contributed by atoms with E-state index in [1.807, 2.05) is 0 Å². The third-order valence-corrected chi connectivity index (χ3v) is 1.51. The van der Waals surface area contributed by atoms with Crippen LogP contribution in [0.1, 0.15) is 0 Å². The topological polar surface area (TPSA) is 112 Å². The van der Waals surface area contributed by atoms with Crippen molar-refractivity contribution in [2.45, 2.75) is 0 Å². The van der Waals surface area contributed by atoms with Crippen molar-refractivity contribution in [2.75, 3.05) is 44.0 Å². The first-order chi connectivity index (χ1) is 7.17. The van der Waals surface area contributed by atoms with Crippen LogP contribution in [0.5, 0.6) is 0 Å². The molecule has 0 unspecified atom stereocenters. The number of rotatable bonds is 5. The summed E-state index contributed by atoms with van der Waals surface area (Å²) < 4.78 is 9.91. The van der Waals surface area contributed by atoms with Gasteiger partial charge in [0.25, 0.3) is 0 Å². The average Bonchev–Trinajstić information content (AvgIpc) is 2.16. The van der Waals surface area contributed by atoms with Crippen LogP contribution in [0, 0.1) is 0 Å². The monoisotopic (exact) mass is 214 g/mol. The molecule has 1 aromatic heterocycles. The van der Waals surface area contributed by atoms with Crippen molar-refractivity contribution >= 4 is 17.8 Å². The van der Waals surface area contributed by atoms with Crippen LogP contribution >= 0.6 is 0 Å². The summed E-state index contributed by atoms with van der Waals surface area (Å²) in [4.78, 5) is 13.1. The van der Waals surface area contributed by atoms with Crippen molar-refractivity contribution in [1.29, 1.82) is 0 Å². The lowest BCUT2D eigenvalue weighted by molar-refractivity contribution is 0.139. The summed E-state index contributed by atoms with van der Waals surface area (Å²) in [6, 6.07) is 0. The lowest BCUT2D eigenvalue weighted by Gasteiger charge is -2.20. The smallest absolute Gasteiger partial charge is 0.235 e. The molecule has 1 rings (SSSR count). The molecule has 0 amide bonds. The molecule has 1 heterocycles. The van der Waals surface area contributed by atoms with Gasteiger partial charge in [-0.1, -0.05) is 0 Å². The van der Waals surface area contributed by atoms with Crippen LogP contribution in [0.4, 0.5) is 17.8 Å². The van der Waals surface area contributed by atoms with E-state index >= 15 is 0 Å². The van der Waals surface area contributed by atoms with Crippen LogP contribution in [-0.4, -0.2) is 42.6 Å². The van der Waals surface area contributed by atoms with Crippen LogP contribution < -0.4 is 16.4 Å². The maximum atomic E-state index is 5.44. The van der Waals surface area contributed by atoms with Crippen molar-refractivity contribution < 1.29 is 9.47 Å². The van der Waals surface area contributed by atoms with Gasteiger partial charge < -0.3 is 20.9 Å². The van der Waals surface area contributed by atoms with Crippen LogP contribution in [0.15, 0.2) is 0 Å². The molecule has 8 heteroatoms. The lowest BCUT2D eigenvalue weighted by Crippen LogP contribution is -2.30. The van der Waals surface area contributed by atoms with Gasteiger partial charge in [0.15, 0.2) is 0 Å². The van der Waals surface area contributed by atoms with Gasteiger partial charge in [-0.15, -0.1) is 0 Å². The van der Waals surface area contributed by atoms with Gasteiger partial charge in [0.05, 0.1) is 0 Å². The van der Waals surface area contributed by atoms with Gasteiger partial charge in [-0.05, 0) is 0 Å². The summed E-state index contributed by atoms with van der Waals surface area (Å²) >= 11 is 0. The molecule has 0 aliphatic heterocycles. The van der Waals surface area contributed by atoms with Crippen molar-refractivity contribution in [1.82, 2.24) is 15.0 Å². The predicted molar refractivity (Wildman–Crippen MR) is 54.9 cm³/mol. The number of aromatic nitrogens is 3. The summed E-state index contributed by atoms with van der Waals surface area (Å²) in [6.45, 7) is 0.549. The summed E-state index contributed by atoms with van der Waals surface area (Å²) in [5.74, 6) is 0.452. The molecule has 8 nitrogen and oxygen atoms in total. The fourth-order valence-corrected chi connectivity index (χ4v) is 1.00. The lowest BCUT2D eigenvalue weighted by atomic mass is 10.7. The molecule has 0 fully saturated rings. The number of ether oxygens (including phenoxy) is 2. The van der Waals surface area contributed by atoms with Gasteiger partial charge in [0.1, 0.15) is 13.5 Å². The molecule has 0 atom stereocenters. The van der Waals surface area contributed by atoms with Crippen molar-refractivity contribution in [2.24, 2.45) is 0 Å². The van der Waals surface area contributed by atoms with E-state index in [1.165, 1.54) is 0 Å². The molecule has 0 bridgehead atoms. The van der Waals surface area contributed by atoms with Gasteiger partial charge >= 0.3 is 0 Å². The van der Waals surface area contributed by atoms with Crippen molar-refractivity contribution in [3.8, 4) is 0 Å². The second-order valence-electron chi connectivity index (χ2n) is 2.73. The number of nitrogens with zero attached hydrogens (tertiary/aromatic N) is 4. The fraction of sp³-hybridized carbons (Fsp3) is 0.571. The Bertz CT molecular complexity index is 294. The Morgan fingerprint density at radius 3 is 1.87 bits per heavy atom. The molecule has 0 aliphatic carbocycles. The van der Waals surface area contributed by atoms with E-state index in [1.54, 1.807) is 19.1 Å². The van der Waals surface area contributed by atoms with E-state index in [4.69, 9.17) is 20.9 Å². The highest BCUT2D eigenvalue weighted by Gasteiger charge is 2.10. The summed E-state index contributed by atoms with van der Waals surface area (Å²) in [7, 11) is 3.10. The Kier molecular flexibility index (Phi) is 4.01. The Labute approximate surface area is 87.2 Å². The van der Waals surface area contributed by atoms with Crippen molar-refractivity contribution in [3.05, 3.63) is 0 Å². The Hall–Kier alpha value is -1.67. The van der Waals surface area contributed by atoms with Gasteiger partial charge in [-0.25, -0.2) is 0 Å². The summed E-state index contributed by atoms with van der Waals surface area (Å²) in [5, 5.41) is 0. The second-order valence-corrected chi connectivity index (χ2v) is 2.73. The zero-order valence-electron chi connectivity index (χ0n) is 8.67. The molecule has 0 saturated heterocycles. The molecule has 0 aliphatic rings. The van der Waals surface area contributed by atoms with E-state index in [0.29, 0.717) is 5.95 Å². The second kappa shape index (κ2) is 5.27. The Morgan fingerprint density at radius 2 is 1.47 bits per heavy atom. The first-order valence-corrected chi connectivity index (χ1v) is 4.17. The first kappa shape index (κ1) is 11.4. The molecular weight excluding hydrogens is 200 g/mol. The number of hydrogen-bond acceptors (Lipinski definition) is 8. The minimum atomic E-state index is 0.0645. The number of hydrogen-bond donors (Lipinski definition) is 2. The maximum Gasteiger partial charge on any atom is 0.235 e. The predicted octanol–water partition coefficient (Wildman–Crippen LogP) is -0.950. The number of anilines is 3. The van der Waals surface area contributed by atoms with Gasteiger partial charge in [-0.3, -0.25) is 4.90 Å². The molecule has 0 saturated carbocycles. The quantitative estimate of drug-likeness (QED) is 0.603. The minimum Gasteiger partial charge on any atom is -0.368 e. The molecule has 4 N–H and O–H groups in total. The van der Waals surface area contributed by atoms with Crippen LogP contribution in [0.2, 0.25) is 0 Å². The number of methoxy groups -OCH3 is 2. The van der Waals surface area contributed by atoms with Crippen LogP contribution in [0.25, 0.3) is 0 Å². The molecule has 0 radical (unpaired) electrons. The maximum absolute atomic E-state index is 5.44. The highest BCUT2D eigenvalue weighted by molar-refractivity contribution is 5.38. The number of nitrogen functional groups attached to an aromatic ring is 2. The molecule has 15 heavy (non-hydrogen) atoms. The zero-order valence-corrected chi connectivity index (χ0v) is 8.67. The zero-order chi connectivity index (χ0) is 11.3. The molecule has 84 valence electrons. The highest BCUT2D eigenvalue weighted by Crippen LogP contribution is 2.09. The molecule has 1 aromatic rings. The van der Waals surface area contributed by atoms with E-state index in [0.717, 1.165) is 0 Å². The van der Waals surface area contributed by atoms with Gasteiger partial charge in [0, 0.05) is 14.2 Å². The molecule has 0 spiro atoms. The Balaban J connectivity index is 2.88. The van der Waals surface area contributed by atoms with Crippen LogP contribution in [-0.2, 0) is 9.47 Å². The SMILES string of the molecule is COCN(COC)c1nc(N)nc(N)n1. The third kappa shape index (κ3) is 3.18. The Morgan fingerprint density at radius 1 is 1.00 bits per heavy atom. The summed E-state index contributed by atoms with van der Waals surface area (Å²) in [5.41, 5.74) is 10.9. The van der Waals surface area contributed by atoms with E-state index in [-0.39, 0.29) is 25.4 Å². The molecular formula is C7H14N6O2. The third-order valence-electron chi connectivity index (χ3n) is 1.51. The number of nitrogens with two attached hydrogens (primary N) is 2. The normalized spacial score (nSPS) is 10.3. The van der Waals surface area contributed by atoms with Gasteiger partial charge in [0.2, 0.25) is 17.8 Å². The van der Waals surface area contributed by atoms with E-state index in [9.17, 15) is 0 Å². The fourth-order valence-electron chi connectivity index (χ4n) is 1.00. The highest BCUT2D eigenvalue weighted by atomic mass is 16.5. The first-order valence-electron chi connectivity index (χ1n) is 4.17. The minimum absolute atomic E-state index is 0.0645. The van der Waals surface area contributed by atoms with E-state index in [2.05, 4.69) is 15.0 Å². The van der Waals surface area contributed by atoms with Crippen molar-refractivity contribution in [3.63, 3.8) is 0 Å². The van der Waals surface area contributed by atoms with E-state index < -0.39 is 0 Å². The van der Waals surface area contributed by atoms with Crippen LogP contribution in [0.3, 0.4) is 0 Å².